The van der Waals surface area contributed by atoms with Gasteiger partial charge in [-0.15, -0.1) is 0 Å². The summed E-state index contributed by atoms with van der Waals surface area (Å²) in [4.78, 5) is 0. The maximum Gasteiger partial charge on any atom is 0.119 e. The molecule has 2 nitrogen and oxygen atoms in total. The summed E-state index contributed by atoms with van der Waals surface area (Å²) in [6.45, 7) is 2.85. The quantitative estimate of drug-likeness (QED) is 0.902. The molecule has 4 rings (SSSR count). The van der Waals surface area contributed by atoms with Crippen molar-refractivity contribution in [3.63, 3.8) is 0 Å². The Hall–Kier alpha value is -1.02. The Bertz CT molecular complexity index is 658. The van der Waals surface area contributed by atoms with E-state index in [0.29, 0.717) is 18.3 Å². The van der Waals surface area contributed by atoms with E-state index in [2.05, 4.69) is 25.1 Å². The summed E-state index contributed by atoms with van der Waals surface area (Å²) in [6, 6.07) is 6.45. The molecule has 0 heterocycles. The lowest BCUT2D eigenvalue weighted by Crippen LogP contribution is -2.36. The molecular formula is C20H28O2. The van der Waals surface area contributed by atoms with Crippen LogP contribution in [0.4, 0.5) is 0 Å². The third kappa shape index (κ3) is 2.36. The second-order valence-corrected chi connectivity index (χ2v) is 7.13. The topological polar surface area (TPSA) is 29.5 Å². The van der Waals surface area contributed by atoms with Crippen LogP contribution in [0.2, 0.25) is 0 Å². The zero-order chi connectivity index (χ0) is 17.8. The Morgan fingerprint density at radius 1 is 1.23 bits per heavy atom. The minimum absolute atomic E-state index is 0.125. The zero-order valence-corrected chi connectivity index (χ0v) is 13.3. The van der Waals surface area contributed by atoms with Gasteiger partial charge in [0.2, 0.25) is 0 Å². The first kappa shape index (κ1) is 11.5. The van der Waals surface area contributed by atoms with Crippen molar-refractivity contribution in [2.75, 3.05) is 6.61 Å². The lowest BCUT2D eigenvalue weighted by molar-refractivity contribution is 0.0566. The van der Waals surface area contributed by atoms with Crippen LogP contribution in [0.5, 0.6) is 5.75 Å². The largest absolute Gasteiger partial charge is 0.494 e. The molecule has 0 aromatic heterocycles. The summed E-state index contributed by atoms with van der Waals surface area (Å²) >= 11 is 0. The molecule has 3 aliphatic rings. The number of rotatable bonds is 3. The molecule has 120 valence electrons. The Morgan fingerprint density at radius 2 is 2.14 bits per heavy atom. The molecule has 2 heteroatoms. The van der Waals surface area contributed by atoms with Crippen LogP contribution in [0.3, 0.4) is 0 Å². The molecule has 0 unspecified atom stereocenters. The summed E-state index contributed by atoms with van der Waals surface area (Å²) in [5, 5.41) is 10.5. The number of hydrogen-bond acceptors (Lipinski definition) is 2. The molecule has 0 saturated heterocycles. The van der Waals surface area contributed by atoms with Crippen LogP contribution in [0.15, 0.2) is 18.2 Å². The van der Waals surface area contributed by atoms with Gasteiger partial charge in [-0.3, -0.25) is 0 Å². The van der Waals surface area contributed by atoms with Crippen LogP contribution in [-0.2, 0) is 6.42 Å². The number of aliphatic hydroxyl groups is 1. The summed E-state index contributed by atoms with van der Waals surface area (Å²) in [5.74, 6) is 1.68. The standard InChI is InChI=1S/C20H28O2/c1-2-11-22-14-4-6-15-13(12-14)3-5-17-16(15)7-8-19-18(17)9-10-20(19)21/h4,6,12,16-21H,2-3,5,7-11H2,1H3/t16-,17-,18+,19+,20+/m1/s1/i10D2,20D. The molecule has 1 N–H and O–H groups in total. The van der Waals surface area contributed by atoms with Crippen LogP contribution >= 0.6 is 0 Å². The molecule has 0 bridgehead atoms. The van der Waals surface area contributed by atoms with Crippen molar-refractivity contribution in [3.05, 3.63) is 29.3 Å². The second-order valence-electron chi connectivity index (χ2n) is 7.13. The molecular weight excluding hydrogens is 272 g/mol. The van der Waals surface area contributed by atoms with E-state index in [4.69, 9.17) is 8.85 Å². The number of hydrogen-bond donors (Lipinski definition) is 1. The van der Waals surface area contributed by atoms with E-state index in [0.717, 1.165) is 44.5 Å². The van der Waals surface area contributed by atoms with Crippen molar-refractivity contribution < 1.29 is 14.0 Å². The molecule has 5 atom stereocenters. The van der Waals surface area contributed by atoms with Gasteiger partial charge in [-0.1, -0.05) is 13.0 Å². The Labute approximate surface area is 138 Å². The van der Waals surface area contributed by atoms with Crippen LogP contribution in [0.1, 0.15) is 66.6 Å². The van der Waals surface area contributed by atoms with E-state index in [9.17, 15) is 5.11 Å². The third-order valence-electron chi connectivity index (χ3n) is 5.98. The van der Waals surface area contributed by atoms with Crippen molar-refractivity contribution in [1.29, 1.82) is 0 Å². The van der Waals surface area contributed by atoms with Gasteiger partial charge in [0.1, 0.15) is 5.75 Å². The fourth-order valence-corrected chi connectivity index (χ4v) is 4.96. The van der Waals surface area contributed by atoms with Gasteiger partial charge in [-0.2, -0.15) is 0 Å². The predicted molar refractivity (Wildman–Crippen MR) is 88.2 cm³/mol. The fraction of sp³-hybridized carbons (Fsp3) is 0.700. The summed E-state index contributed by atoms with van der Waals surface area (Å²) < 4.78 is 30.3. The maximum absolute atomic E-state index is 10.5. The van der Waals surface area contributed by atoms with Crippen molar-refractivity contribution >= 4 is 0 Å². The minimum Gasteiger partial charge on any atom is -0.494 e. The molecule has 0 radical (unpaired) electrons. The van der Waals surface area contributed by atoms with E-state index >= 15 is 0 Å². The normalized spacial score (nSPS) is 44.0. The highest BCUT2D eigenvalue weighted by atomic mass is 16.5. The van der Waals surface area contributed by atoms with Crippen molar-refractivity contribution in [2.45, 2.75) is 63.8 Å². The van der Waals surface area contributed by atoms with E-state index in [-0.39, 0.29) is 11.8 Å². The third-order valence-corrected chi connectivity index (χ3v) is 5.98. The molecule has 22 heavy (non-hydrogen) atoms. The van der Waals surface area contributed by atoms with Crippen LogP contribution in [0, 0.1) is 17.8 Å². The molecule has 0 spiro atoms. The fourth-order valence-electron chi connectivity index (χ4n) is 4.96. The van der Waals surface area contributed by atoms with Gasteiger partial charge in [0.25, 0.3) is 0 Å². The first-order valence-electron chi connectivity index (χ1n) is 10.3. The van der Waals surface area contributed by atoms with E-state index in [1.807, 2.05) is 0 Å². The van der Waals surface area contributed by atoms with Gasteiger partial charge < -0.3 is 9.84 Å². The van der Waals surface area contributed by atoms with Gasteiger partial charge in [0.05, 0.1) is 14.1 Å². The molecule has 1 aromatic rings. The number of ether oxygens (including phenoxy) is 1. The highest BCUT2D eigenvalue weighted by Crippen LogP contribution is 2.55. The molecule has 0 aliphatic heterocycles. The molecule has 0 amide bonds. The zero-order valence-electron chi connectivity index (χ0n) is 16.3. The molecule has 2 saturated carbocycles. The molecule has 3 aliphatic carbocycles. The second kappa shape index (κ2) is 5.88. The number of fused-ring (bicyclic) bond motifs is 5. The summed E-state index contributed by atoms with van der Waals surface area (Å²) in [7, 11) is 0. The highest BCUT2D eigenvalue weighted by Gasteiger charge is 2.47. The summed E-state index contributed by atoms with van der Waals surface area (Å²) in [6.07, 6.45) is 1.32. The van der Waals surface area contributed by atoms with E-state index in [1.165, 1.54) is 11.1 Å². The Kier molecular flexibility index (Phi) is 3.08. The SMILES string of the molecule is [2H]C1([2H])C[C@H]2[C@@H]3CCc4cc(OCCC)ccc4[C@H]3CC[C@@H]2[C@@]1([2H])O. The first-order chi connectivity index (χ1) is 11.8. The van der Waals surface area contributed by atoms with Crippen LogP contribution in [0.25, 0.3) is 0 Å². The molecule has 2 fully saturated rings. The monoisotopic (exact) mass is 303 g/mol. The van der Waals surface area contributed by atoms with Gasteiger partial charge >= 0.3 is 0 Å². The van der Waals surface area contributed by atoms with Gasteiger partial charge in [-0.05, 0) is 91.8 Å². The lowest BCUT2D eigenvalue weighted by Gasteiger charge is -2.44. The smallest absolute Gasteiger partial charge is 0.119 e. The molecule has 1 aromatic carbocycles. The highest BCUT2D eigenvalue weighted by molar-refractivity contribution is 5.40. The van der Waals surface area contributed by atoms with Gasteiger partial charge in [0.15, 0.2) is 0 Å². The van der Waals surface area contributed by atoms with Crippen LogP contribution in [-0.4, -0.2) is 17.8 Å². The first-order valence-corrected chi connectivity index (χ1v) is 8.83. The number of benzene rings is 1. The van der Waals surface area contributed by atoms with Crippen molar-refractivity contribution in [1.82, 2.24) is 0 Å². The van der Waals surface area contributed by atoms with Crippen molar-refractivity contribution in [2.24, 2.45) is 17.8 Å². The van der Waals surface area contributed by atoms with Gasteiger partial charge in [0, 0.05) is 2.74 Å². The Balaban J connectivity index is 1.60. The Morgan fingerprint density at radius 3 is 3.00 bits per heavy atom. The van der Waals surface area contributed by atoms with E-state index < -0.39 is 12.5 Å². The van der Waals surface area contributed by atoms with Crippen molar-refractivity contribution in [3.8, 4) is 5.75 Å². The lowest BCUT2D eigenvalue weighted by atomic mass is 9.61. The average Bonchev–Trinajstić information content (AvgIpc) is 2.77. The van der Waals surface area contributed by atoms with Crippen LogP contribution < -0.4 is 4.74 Å². The number of aryl methyl sites for hydroxylation is 1. The van der Waals surface area contributed by atoms with E-state index in [1.54, 1.807) is 0 Å². The average molecular weight is 303 g/mol. The maximum atomic E-state index is 10.5. The predicted octanol–water partition coefficient (Wildman–Crippen LogP) is 4.30. The van der Waals surface area contributed by atoms with Gasteiger partial charge in [-0.25, -0.2) is 0 Å². The summed E-state index contributed by atoms with van der Waals surface area (Å²) in [5.41, 5.74) is 2.76. The minimum atomic E-state index is -1.93.